The maximum Gasteiger partial charge on any atom is 0.339 e. The molecular weight excluding hydrogens is 331 g/mol. The zero-order valence-electron chi connectivity index (χ0n) is 14.6. The van der Waals surface area contributed by atoms with Crippen molar-refractivity contribution in [1.82, 2.24) is 0 Å². The fourth-order valence-corrected chi connectivity index (χ4v) is 4.86. The van der Waals surface area contributed by atoms with Crippen LogP contribution in [0, 0.1) is 5.92 Å². The van der Waals surface area contributed by atoms with E-state index in [1.807, 2.05) is 0 Å². The molecule has 0 fully saturated rings. The molecule has 0 aliphatic heterocycles. The third-order valence-electron chi connectivity index (χ3n) is 3.39. The lowest BCUT2D eigenvalue weighted by molar-refractivity contribution is -0.151. The summed E-state index contributed by atoms with van der Waals surface area (Å²) in [6, 6.07) is 8.68. The van der Waals surface area contributed by atoms with E-state index in [2.05, 4.69) is 0 Å². The van der Waals surface area contributed by atoms with Crippen LogP contribution in [-0.2, 0) is 27.9 Å². The monoisotopic (exact) mass is 356 g/mol. The van der Waals surface area contributed by atoms with Crippen molar-refractivity contribution in [1.29, 1.82) is 0 Å². The molecule has 0 aliphatic carbocycles. The van der Waals surface area contributed by atoms with Gasteiger partial charge in [-0.3, -0.25) is 14.2 Å². The van der Waals surface area contributed by atoms with E-state index in [-0.39, 0.29) is 19.8 Å². The molecule has 1 aromatic rings. The standard InChI is InChI=1S/C17H25O6P/c1-5-21-17(19)15(13(4)18)16(14-11-9-8-10-12-14)24(20,22-6-2)23-7-3/h8-12,15-16H,5-7H2,1-4H3. The second-order valence-electron chi connectivity index (χ2n) is 5.07. The van der Waals surface area contributed by atoms with Crippen LogP contribution in [0.5, 0.6) is 0 Å². The highest BCUT2D eigenvalue weighted by Gasteiger charge is 2.48. The molecule has 0 aromatic heterocycles. The van der Waals surface area contributed by atoms with E-state index in [1.165, 1.54) is 6.92 Å². The Balaban J connectivity index is 3.48. The maximum atomic E-state index is 13.4. The average Bonchev–Trinajstić information content (AvgIpc) is 2.53. The molecule has 6 nitrogen and oxygen atoms in total. The van der Waals surface area contributed by atoms with Crippen LogP contribution >= 0.6 is 7.60 Å². The lowest BCUT2D eigenvalue weighted by Crippen LogP contribution is -2.31. The van der Waals surface area contributed by atoms with Gasteiger partial charge in [-0.15, -0.1) is 0 Å². The van der Waals surface area contributed by atoms with Gasteiger partial charge >= 0.3 is 13.6 Å². The van der Waals surface area contributed by atoms with Gasteiger partial charge in [0.15, 0.2) is 0 Å². The van der Waals surface area contributed by atoms with Gasteiger partial charge in [0.1, 0.15) is 17.4 Å². The lowest BCUT2D eigenvalue weighted by atomic mass is 9.95. The first-order chi connectivity index (χ1) is 11.4. The Hall–Kier alpha value is -1.49. The third kappa shape index (κ3) is 5.00. The molecule has 0 N–H and O–H groups in total. The van der Waals surface area contributed by atoms with Gasteiger partial charge in [-0.1, -0.05) is 30.3 Å². The molecule has 0 spiro atoms. The average molecular weight is 356 g/mol. The molecule has 0 aliphatic rings. The molecule has 0 bridgehead atoms. The zero-order valence-corrected chi connectivity index (χ0v) is 15.5. The van der Waals surface area contributed by atoms with E-state index in [0.29, 0.717) is 5.56 Å². The first kappa shape index (κ1) is 20.6. The Morgan fingerprint density at radius 3 is 1.96 bits per heavy atom. The van der Waals surface area contributed by atoms with Crippen LogP contribution in [0.25, 0.3) is 0 Å². The number of hydrogen-bond donors (Lipinski definition) is 0. The predicted molar refractivity (Wildman–Crippen MR) is 90.8 cm³/mol. The van der Waals surface area contributed by atoms with Crippen molar-refractivity contribution in [3.05, 3.63) is 35.9 Å². The van der Waals surface area contributed by atoms with Crippen LogP contribution in [-0.4, -0.2) is 31.6 Å². The Morgan fingerprint density at radius 2 is 1.54 bits per heavy atom. The summed E-state index contributed by atoms with van der Waals surface area (Å²) in [5.41, 5.74) is -0.508. The first-order valence-electron chi connectivity index (χ1n) is 8.02. The predicted octanol–water partition coefficient (Wildman–Crippen LogP) is 3.76. The number of esters is 1. The van der Waals surface area contributed by atoms with Gasteiger partial charge < -0.3 is 13.8 Å². The smallest absolute Gasteiger partial charge is 0.339 e. The fourth-order valence-electron chi connectivity index (χ4n) is 2.51. The molecule has 2 atom stereocenters. The van der Waals surface area contributed by atoms with Gasteiger partial charge in [0.25, 0.3) is 0 Å². The van der Waals surface area contributed by atoms with E-state index >= 15 is 0 Å². The van der Waals surface area contributed by atoms with Crippen LogP contribution in [0.15, 0.2) is 30.3 Å². The van der Waals surface area contributed by atoms with Crippen molar-refractivity contribution in [2.45, 2.75) is 33.4 Å². The molecule has 2 unspecified atom stereocenters. The van der Waals surface area contributed by atoms with Crippen LogP contribution in [0.1, 0.15) is 38.9 Å². The maximum absolute atomic E-state index is 13.4. The normalized spacial score (nSPS) is 14.0. The molecule has 24 heavy (non-hydrogen) atoms. The molecule has 0 amide bonds. The fraction of sp³-hybridized carbons (Fsp3) is 0.529. The Kier molecular flexibility index (Phi) is 8.32. The molecule has 134 valence electrons. The van der Waals surface area contributed by atoms with Crippen molar-refractivity contribution in [3.8, 4) is 0 Å². The summed E-state index contributed by atoms with van der Waals surface area (Å²) in [5.74, 6) is -2.42. The largest absolute Gasteiger partial charge is 0.465 e. The number of rotatable bonds is 10. The van der Waals surface area contributed by atoms with Crippen molar-refractivity contribution >= 4 is 19.3 Å². The van der Waals surface area contributed by atoms with Crippen molar-refractivity contribution in [2.75, 3.05) is 19.8 Å². The highest BCUT2D eigenvalue weighted by molar-refractivity contribution is 7.54. The van der Waals surface area contributed by atoms with Crippen LogP contribution in [0.2, 0.25) is 0 Å². The number of Topliss-reactive ketones (excluding diaryl/α,β-unsaturated/α-hetero) is 1. The Labute approximate surface area is 143 Å². The SMILES string of the molecule is CCOC(=O)C(C(C)=O)C(c1ccccc1)P(=O)(OCC)OCC. The molecule has 1 aromatic carbocycles. The third-order valence-corrected chi connectivity index (χ3v) is 5.91. The topological polar surface area (TPSA) is 78.9 Å². The highest BCUT2D eigenvalue weighted by atomic mass is 31.2. The minimum absolute atomic E-state index is 0.123. The lowest BCUT2D eigenvalue weighted by Gasteiger charge is -2.30. The number of ketones is 1. The molecule has 0 saturated carbocycles. The molecule has 0 radical (unpaired) electrons. The summed E-state index contributed by atoms with van der Waals surface area (Å²) in [6.07, 6.45) is 0. The summed E-state index contributed by atoms with van der Waals surface area (Å²) in [4.78, 5) is 24.6. The van der Waals surface area contributed by atoms with Crippen LogP contribution in [0.4, 0.5) is 0 Å². The summed E-state index contributed by atoms with van der Waals surface area (Å²) in [7, 11) is -3.76. The molecular formula is C17H25O6P. The van der Waals surface area contributed by atoms with Crippen molar-refractivity contribution in [2.24, 2.45) is 5.92 Å². The van der Waals surface area contributed by atoms with Crippen LogP contribution < -0.4 is 0 Å². The minimum atomic E-state index is -3.76. The van der Waals surface area contributed by atoms with Gasteiger partial charge in [0.05, 0.1) is 19.8 Å². The van der Waals surface area contributed by atoms with E-state index in [4.69, 9.17) is 13.8 Å². The van der Waals surface area contributed by atoms with Crippen molar-refractivity contribution < 1.29 is 27.9 Å². The number of carbonyl (C=O) groups is 2. The second-order valence-corrected chi connectivity index (χ2v) is 7.22. The summed E-state index contributed by atoms with van der Waals surface area (Å²) >= 11 is 0. The number of hydrogen-bond acceptors (Lipinski definition) is 6. The van der Waals surface area contributed by atoms with Gasteiger partial charge in [-0.2, -0.15) is 0 Å². The van der Waals surface area contributed by atoms with E-state index in [0.717, 1.165) is 0 Å². The highest BCUT2D eigenvalue weighted by Crippen LogP contribution is 2.64. The van der Waals surface area contributed by atoms with Crippen molar-refractivity contribution in [3.63, 3.8) is 0 Å². The van der Waals surface area contributed by atoms with E-state index < -0.39 is 30.9 Å². The molecule has 0 saturated heterocycles. The quantitative estimate of drug-likeness (QED) is 0.361. The van der Waals surface area contributed by atoms with Gasteiger partial charge in [-0.05, 0) is 33.3 Å². The number of benzene rings is 1. The molecule has 7 heteroatoms. The summed E-state index contributed by atoms with van der Waals surface area (Å²) in [5, 5.41) is 0. The van der Waals surface area contributed by atoms with E-state index in [1.54, 1.807) is 51.1 Å². The minimum Gasteiger partial charge on any atom is -0.465 e. The summed E-state index contributed by atoms with van der Waals surface area (Å²) in [6.45, 7) is 6.68. The molecule has 1 rings (SSSR count). The number of ether oxygens (including phenoxy) is 1. The van der Waals surface area contributed by atoms with Gasteiger partial charge in [0, 0.05) is 0 Å². The second kappa shape index (κ2) is 9.72. The summed E-state index contributed by atoms with van der Waals surface area (Å²) < 4.78 is 29.2. The van der Waals surface area contributed by atoms with Crippen LogP contribution in [0.3, 0.4) is 0 Å². The van der Waals surface area contributed by atoms with Gasteiger partial charge in [-0.25, -0.2) is 0 Å². The number of carbonyl (C=O) groups excluding carboxylic acids is 2. The molecule has 0 heterocycles. The zero-order chi connectivity index (χ0) is 18.2. The van der Waals surface area contributed by atoms with E-state index in [9.17, 15) is 14.2 Å². The Bertz CT molecular complexity index is 576. The first-order valence-corrected chi connectivity index (χ1v) is 9.63. The Morgan fingerprint density at radius 1 is 1.00 bits per heavy atom. The van der Waals surface area contributed by atoms with Gasteiger partial charge in [0.2, 0.25) is 0 Å².